The summed E-state index contributed by atoms with van der Waals surface area (Å²) in [6, 6.07) is 11.2. The summed E-state index contributed by atoms with van der Waals surface area (Å²) in [5.74, 6) is -0.139. The van der Waals surface area contributed by atoms with Crippen LogP contribution < -0.4 is 5.32 Å². The Morgan fingerprint density at radius 3 is 2.72 bits per heavy atom. The Bertz CT molecular complexity index is 534. The summed E-state index contributed by atoms with van der Waals surface area (Å²) in [7, 11) is 0. The van der Waals surface area contributed by atoms with Crippen molar-refractivity contribution in [2.75, 3.05) is 0 Å². The van der Waals surface area contributed by atoms with Gasteiger partial charge in [-0.1, -0.05) is 30.3 Å². The fraction of sp³-hybridized carbons (Fsp3) is 0.154. The Balaban J connectivity index is 1.84. The molecule has 0 aliphatic carbocycles. The Morgan fingerprint density at radius 1 is 1.28 bits per heavy atom. The van der Waals surface area contributed by atoms with Gasteiger partial charge in [0.1, 0.15) is 12.2 Å². The summed E-state index contributed by atoms with van der Waals surface area (Å²) >= 11 is 0. The van der Waals surface area contributed by atoms with Gasteiger partial charge >= 0.3 is 0 Å². The average molecular weight is 243 g/mol. The van der Waals surface area contributed by atoms with Crippen molar-refractivity contribution >= 4 is 12.2 Å². The molecule has 0 saturated heterocycles. The van der Waals surface area contributed by atoms with Crippen LogP contribution in [-0.4, -0.2) is 22.0 Å². The van der Waals surface area contributed by atoms with E-state index in [1.54, 1.807) is 12.3 Å². The SMILES string of the molecule is O=Cc1ccn(CC(=O)NCc2ccccc2)n1. The van der Waals surface area contributed by atoms with Gasteiger partial charge in [0.15, 0.2) is 6.29 Å². The summed E-state index contributed by atoms with van der Waals surface area (Å²) in [5, 5.41) is 6.70. The number of aromatic nitrogens is 2. The molecule has 1 heterocycles. The maximum absolute atomic E-state index is 11.6. The average Bonchev–Trinajstić information content (AvgIpc) is 2.85. The molecule has 1 amide bonds. The van der Waals surface area contributed by atoms with E-state index in [-0.39, 0.29) is 12.5 Å². The molecule has 1 aromatic heterocycles. The Morgan fingerprint density at radius 2 is 2.06 bits per heavy atom. The molecule has 1 aromatic carbocycles. The molecule has 0 bridgehead atoms. The van der Waals surface area contributed by atoms with Gasteiger partial charge in [-0.15, -0.1) is 0 Å². The summed E-state index contributed by atoms with van der Waals surface area (Å²) in [5.41, 5.74) is 1.37. The zero-order chi connectivity index (χ0) is 12.8. The van der Waals surface area contributed by atoms with Crippen LogP contribution in [0.25, 0.3) is 0 Å². The minimum Gasteiger partial charge on any atom is -0.350 e. The quantitative estimate of drug-likeness (QED) is 0.797. The maximum atomic E-state index is 11.6. The van der Waals surface area contributed by atoms with Gasteiger partial charge in [-0.2, -0.15) is 5.10 Å². The van der Waals surface area contributed by atoms with E-state index in [4.69, 9.17) is 0 Å². The predicted octanol–water partition coefficient (Wildman–Crippen LogP) is 1.01. The number of benzene rings is 1. The second kappa shape index (κ2) is 5.77. The zero-order valence-corrected chi connectivity index (χ0v) is 9.74. The Hall–Kier alpha value is -2.43. The number of rotatable bonds is 5. The van der Waals surface area contributed by atoms with E-state index in [0.717, 1.165) is 5.56 Å². The first kappa shape index (κ1) is 12.0. The van der Waals surface area contributed by atoms with E-state index >= 15 is 0 Å². The molecular weight excluding hydrogens is 230 g/mol. The highest BCUT2D eigenvalue weighted by Gasteiger charge is 2.04. The monoisotopic (exact) mass is 243 g/mol. The van der Waals surface area contributed by atoms with Crippen molar-refractivity contribution < 1.29 is 9.59 Å². The van der Waals surface area contributed by atoms with Crippen molar-refractivity contribution in [3.05, 3.63) is 53.9 Å². The summed E-state index contributed by atoms with van der Waals surface area (Å²) in [6.07, 6.45) is 2.25. The molecule has 1 N–H and O–H groups in total. The molecule has 0 radical (unpaired) electrons. The van der Waals surface area contributed by atoms with Crippen LogP contribution in [0.4, 0.5) is 0 Å². The molecule has 0 aliphatic heterocycles. The second-order valence-corrected chi connectivity index (χ2v) is 3.82. The number of nitrogens with one attached hydrogen (secondary N) is 1. The van der Waals surface area contributed by atoms with Crippen molar-refractivity contribution in [3.8, 4) is 0 Å². The van der Waals surface area contributed by atoms with Crippen molar-refractivity contribution in [2.45, 2.75) is 13.1 Å². The van der Waals surface area contributed by atoms with Gasteiger partial charge in [0.25, 0.3) is 0 Å². The highest BCUT2D eigenvalue weighted by molar-refractivity contribution is 5.76. The van der Waals surface area contributed by atoms with E-state index in [1.807, 2.05) is 30.3 Å². The third kappa shape index (κ3) is 3.28. The van der Waals surface area contributed by atoms with Gasteiger partial charge in [-0.05, 0) is 11.6 Å². The van der Waals surface area contributed by atoms with Gasteiger partial charge in [0.2, 0.25) is 5.91 Å². The summed E-state index contributed by atoms with van der Waals surface area (Å²) in [4.78, 5) is 22.1. The van der Waals surface area contributed by atoms with Crippen LogP contribution in [0, 0.1) is 0 Å². The first-order valence-electron chi connectivity index (χ1n) is 5.57. The highest BCUT2D eigenvalue weighted by atomic mass is 16.2. The Kier molecular flexibility index (Phi) is 3.86. The minimum atomic E-state index is -0.139. The third-order valence-corrected chi connectivity index (χ3v) is 2.42. The van der Waals surface area contributed by atoms with E-state index < -0.39 is 0 Å². The van der Waals surface area contributed by atoms with Crippen molar-refractivity contribution in [2.24, 2.45) is 0 Å². The summed E-state index contributed by atoms with van der Waals surface area (Å²) in [6.45, 7) is 0.599. The van der Waals surface area contributed by atoms with Gasteiger partial charge in [0, 0.05) is 12.7 Å². The number of carbonyl (C=O) groups excluding carboxylic acids is 2. The summed E-state index contributed by atoms with van der Waals surface area (Å²) < 4.78 is 1.43. The van der Waals surface area contributed by atoms with Gasteiger partial charge < -0.3 is 5.32 Å². The number of nitrogens with zero attached hydrogens (tertiary/aromatic N) is 2. The lowest BCUT2D eigenvalue weighted by Gasteiger charge is -2.05. The van der Waals surface area contributed by atoms with Crippen molar-refractivity contribution in [1.82, 2.24) is 15.1 Å². The van der Waals surface area contributed by atoms with Gasteiger partial charge in [0.05, 0.1) is 0 Å². The normalized spacial score (nSPS) is 10.0. The van der Waals surface area contributed by atoms with E-state index in [1.165, 1.54) is 4.68 Å². The van der Waals surface area contributed by atoms with Crippen LogP contribution in [0.5, 0.6) is 0 Å². The first-order chi connectivity index (χ1) is 8.78. The molecular formula is C13H13N3O2. The highest BCUT2D eigenvalue weighted by Crippen LogP contribution is 1.97. The van der Waals surface area contributed by atoms with Crippen molar-refractivity contribution in [1.29, 1.82) is 0 Å². The molecule has 5 nitrogen and oxygen atoms in total. The van der Waals surface area contributed by atoms with Crippen LogP contribution >= 0.6 is 0 Å². The molecule has 0 fully saturated rings. The fourth-order valence-corrected chi connectivity index (χ4v) is 1.53. The molecule has 2 rings (SSSR count). The molecule has 18 heavy (non-hydrogen) atoms. The molecule has 0 saturated carbocycles. The molecule has 92 valence electrons. The lowest BCUT2D eigenvalue weighted by atomic mass is 10.2. The number of carbonyl (C=O) groups is 2. The van der Waals surface area contributed by atoms with Gasteiger partial charge in [-0.25, -0.2) is 0 Å². The molecule has 5 heteroatoms. The maximum Gasteiger partial charge on any atom is 0.241 e. The Labute approximate surface area is 104 Å². The van der Waals surface area contributed by atoms with Crippen LogP contribution in [0.3, 0.4) is 0 Å². The second-order valence-electron chi connectivity index (χ2n) is 3.82. The van der Waals surface area contributed by atoms with E-state index in [2.05, 4.69) is 10.4 Å². The number of aldehydes is 1. The molecule has 2 aromatic rings. The van der Waals surface area contributed by atoms with Crippen LogP contribution in [0.1, 0.15) is 16.1 Å². The number of hydrogen-bond acceptors (Lipinski definition) is 3. The largest absolute Gasteiger partial charge is 0.350 e. The predicted molar refractivity (Wildman–Crippen MR) is 65.9 cm³/mol. The topological polar surface area (TPSA) is 64.0 Å². The lowest BCUT2D eigenvalue weighted by Crippen LogP contribution is -2.27. The minimum absolute atomic E-state index is 0.112. The number of amides is 1. The fourth-order valence-electron chi connectivity index (χ4n) is 1.53. The van der Waals surface area contributed by atoms with E-state index in [0.29, 0.717) is 18.5 Å². The molecule has 0 aliphatic rings. The molecule has 0 unspecified atom stereocenters. The van der Waals surface area contributed by atoms with Crippen LogP contribution in [0.15, 0.2) is 42.6 Å². The first-order valence-corrected chi connectivity index (χ1v) is 5.57. The third-order valence-electron chi connectivity index (χ3n) is 2.42. The number of hydrogen-bond donors (Lipinski definition) is 1. The van der Waals surface area contributed by atoms with E-state index in [9.17, 15) is 9.59 Å². The van der Waals surface area contributed by atoms with Gasteiger partial charge in [-0.3, -0.25) is 14.3 Å². The van der Waals surface area contributed by atoms with Crippen molar-refractivity contribution in [3.63, 3.8) is 0 Å². The van der Waals surface area contributed by atoms with Crippen LogP contribution in [0.2, 0.25) is 0 Å². The smallest absolute Gasteiger partial charge is 0.241 e. The van der Waals surface area contributed by atoms with Crippen LogP contribution in [-0.2, 0) is 17.9 Å². The zero-order valence-electron chi connectivity index (χ0n) is 9.74. The lowest BCUT2D eigenvalue weighted by molar-refractivity contribution is -0.122. The molecule has 0 spiro atoms. The standard InChI is InChI=1S/C13H13N3O2/c17-10-12-6-7-16(15-12)9-13(18)14-8-11-4-2-1-3-5-11/h1-7,10H,8-9H2,(H,14,18). The molecule has 0 atom stereocenters.